The standard InChI is InChI=1S/C26H24F4N2O2/c1-14-9-18-17-5-3-4-6-21(17)31-24(18)25(32(14)16-12-26(29,30)13-16)23-19(27)10-15(11-20(23)28)7-8-22(33)34-2/h3-8,10-11,14,16,25,31H,9,12-13H2,1-2H3/b8-7+/t14-,25-/m1/s1. The number of para-hydroxylation sites is 1. The lowest BCUT2D eigenvalue weighted by Crippen LogP contribution is -2.57. The van der Waals surface area contributed by atoms with Crippen molar-refractivity contribution in [2.24, 2.45) is 0 Å². The third-order valence-corrected chi connectivity index (χ3v) is 6.90. The first-order valence-corrected chi connectivity index (χ1v) is 11.2. The molecule has 1 fully saturated rings. The van der Waals surface area contributed by atoms with Crippen LogP contribution < -0.4 is 0 Å². The van der Waals surface area contributed by atoms with Crippen molar-refractivity contribution in [1.82, 2.24) is 9.88 Å². The number of fused-ring (bicyclic) bond motifs is 3. The molecule has 2 atom stereocenters. The Bertz CT molecular complexity index is 1270. The second-order valence-corrected chi connectivity index (χ2v) is 9.14. The highest BCUT2D eigenvalue weighted by molar-refractivity contribution is 5.87. The molecule has 0 bridgehead atoms. The zero-order chi connectivity index (χ0) is 24.2. The maximum atomic E-state index is 15.5. The minimum atomic E-state index is -2.77. The van der Waals surface area contributed by atoms with Crippen molar-refractivity contribution in [2.45, 2.75) is 50.2 Å². The Balaban J connectivity index is 1.65. The predicted molar refractivity (Wildman–Crippen MR) is 121 cm³/mol. The molecule has 3 aromatic rings. The number of alkyl halides is 2. The highest BCUT2D eigenvalue weighted by Gasteiger charge is 2.52. The van der Waals surface area contributed by atoms with Crippen molar-refractivity contribution >= 4 is 22.9 Å². The molecule has 1 N–H and O–H groups in total. The second kappa shape index (κ2) is 8.27. The van der Waals surface area contributed by atoms with Gasteiger partial charge in [0.05, 0.1) is 13.2 Å². The summed E-state index contributed by atoms with van der Waals surface area (Å²) < 4.78 is 63.2. The Hall–Kier alpha value is -3.13. The minimum Gasteiger partial charge on any atom is -0.466 e. The normalized spacial score (nSPS) is 22.6. The number of rotatable bonds is 4. The van der Waals surface area contributed by atoms with E-state index < -0.39 is 35.6 Å². The van der Waals surface area contributed by atoms with Crippen molar-refractivity contribution in [3.63, 3.8) is 0 Å². The van der Waals surface area contributed by atoms with Crippen LogP contribution in [0.5, 0.6) is 0 Å². The van der Waals surface area contributed by atoms with Gasteiger partial charge < -0.3 is 9.72 Å². The Labute approximate surface area is 194 Å². The van der Waals surface area contributed by atoms with Crippen molar-refractivity contribution in [2.75, 3.05) is 7.11 Å². The van der Waals surface area contributed by atoms with Crippen LogP contribution in [0.25, 0.3) is 17.0 Å². The van der Waals surface area contributed by atoms with Gasteiger partial charge in [0.2, 0.25) is 0 Å². The van der Waals surface area contributed by atoms with Crippen LogP contribution in [-0.2, 0) is 16.0 Å². The van der Waals surface area contributed by atoms with Gasteiger partial charge in [-0.05, 0) is 48.7 Å². The maximum absolute atomic E-state index is 15.5. The summed E-state index contributed by atoms with van der Waals surface area (Å²) >= 11 is 0. The van der Waals surface area contributed by atoms with Crippen LogP contribution in [0, 0.1) is 11.6 Å². The van der Waals surface area contributed by atoms with E-state index in [-0.39, 0.29) is 30.0 Å². The van der Waals surface area contributed by atoms with E-state index >= 15 is 8.78 Å². The van der Waals surface area contributed by atoms with Gasteiger partial charge in [-0.25, -0.2) is 22.4 Å². The van der Waals surface area contributed by atoms with Crippen LogP contribution in [0.3, 0.4) is 0 Å². The molecule has 8 heteroatoms. The lowest BCUT2D eigenvalue weighted by atomic mass is 9.80. The smallest absolute Gasteiger partial charge is 0.330 e. The number of ether oxygens (including phenoxy) is 1. The summed E-state index contributed by atoms with van der Waals surface area (Å²) in [5.74, 6) is -5.02. The number of nitrogens with zero attached hydrogens (tertiary/aromatic N) is 1. The summed E-state index contributed by atoms with van der Waals surface area (Å²) in [6.45, 7) is 1.91. The Morgan fingerprint density at radius 2 is 1.85 bits per heavy atom. The molecular formula is C26H24F4N2O2. The van der Waals surface area contributed by atoms with Gasteiger partial charge in [0.25, 0.3) is 5.92 Å². The second-order valence-electron chi connectivity index (χ2n) is 9.14. The van der Waals surface area contributed by atoms with E-state index in [1.807, 2.05) is 36.1 Å². The third kappa shape index (κ3) is 3.79. The number of aromatic nitrogens is 1. The highest BCUT2D eigenvalue weighted by Crippen LogP contribution is 2.49. The number of methoxy groups -OCH3 is 1. The van der Waals surface area contributed by atoms with E-state index in [0.29, 0.717) is 12.1 Å². The van der Waals surface area contributed by atoms with Gasteiger partial charge in [0, 0.05) is 53.2 Å². The Morgan fingerprint density at radius 1 is 1.18 bits per heavy atom. The summed E-state index contributed by atoms with van der Waals surface area (Å²) in [6, 6.07) is 8.34. The fraction of sp³-hybridized carbons (Fsp3) is 0.346. The number of H-pyrrole nitrogens is 1. The molecule has 2 aliphatic rings. The molecule has 1 aliphatic carbocycles. The molecule has 1 saturated carbocycles. The fourth-order valence-electron chi connectivity index (χ4n) is 5.38. The van der Waals surface area contributed by atoms with Gasteiger partial charge in [-0.1, -0.05) is 18.2 Å². The van der Waals surface area contributed by atoms with Crippen LogP contribution in [0.15, 0.2) is 42.5 Å². The minimum absolute atomic E-state index is 0.159. The molecule has 34 heavy (non-hydrogen) atoms. The number of nitrogens with one attached hydrogen (secondary N) is 1. The van der Waals surface area contributed by atoms with Crippen molar-refractivity contribution in [3.8, 4) is 0 Å². The van der Waals surface area contributed by atoms with Crippen molar-refractivity contribution < 1.29 is 27.1 Å². The first kappa shape index (κ1) is 22.7. The third-order valence-electron chi connectivity index (χ3n) is 6.90. The van der Waals surface area contributed by atoms with Gasteiger partial charge >= 0.3 is 5.97 Å². The number of halogens is 4. The SMILES string of the molecule is COC(=O)/C=C/c1cc(F)c([C@@H]2c3[nH]c4ccccc4c3C[C@@H](C)N2C2CC(F)(F)C2)c(F)c1. The summed E-state index contributed by atoms with van der Waals surface area (Å²) in [4.78, 5) is 16.5. The molecule has 0 spiro atoms. The lowest BCUT2D eigenvalue weighted by Gasteiger charge is -2.51. The number of carbonyl (C=O) groups is 1. The molecule has 1 aromatic heterocycles. The number of hydrogen-bond donors (Lipinski definition) is 1. The largest absolute Gasteiger partial charge is 0.466 e. The van der Waals surface area contributed by atoms with Gasteiger partial charge in [-0.2, -0.15) is 0 Å². The molecule has 4 nitrogen and oxygen atoms in total. The summed E-state index contributed by atoms with van der Waals surface area (Å²) in [5, 5.41) is 0.964. The van der Waals surface area contributed by atoms with E-state index in [0.717, 1.165) is 34.7 Å². The first-order valence-electron chi connectivity index (χ1n) is 11.2. The summed E-state index contributed by atoms with van der Waals surface area (Å²) in [5.41, 5.74) is 2.38. The van der Waals surface area contributed by atoms with Gasteiger partial charge in [-0.15, -0.1) is 0 Å². The molecule has 0 radical (unpaired) electrons. The quantitative estimate of drug-likeness (QED) is 0.298. The number of carbonyl (C=O) groups excluding carboxylic acids is 1. The highest BCUT2D eigenvalue weighted by atomic mass is 19.3. The average molecular weight is 472 g/mol. The molecule has 2 heterocycles. The molecule has 5 rings (SSSR count). The number of hydrogen-bond acceptors (Lipinski definition) is 3. The molecule has 178 valence electrons. The van der Waals surface area contributed by atoms with E-state index in [9.17, 15) is 13.6 Å². The predicted octanol–water partition coefficient (Wildman–Crippen LogP) is 5.77. The molecule has 2 aromatic carbocycles. The van der Waals surface area contributed by atoms with Crippen molar-refractivity contribution in [3.05, 3.63) is 76.5 Å². The first-order chi connectivity index (χ1) is 16.2. The van der Waals surface area contributed by atoms with Crippen LogP contribution in [-0.4, -0.2) is 41.0 Å². The van der Waals surface area contributed by atoms with Crippen molar-refractivity contribution in [1.29, 1.82) is 0 Å². The zero-order valence-corrected chi connectivity index (χ0v) is 18.7. The summed E-state index contributed by atoms with van der Waals surface area (Å²) in [6.07, 6.45) is 2.25. The summed E-state index contributed by atoms with van der Waals surface area (Å²) in [7, 11) is 1.21. The lowest BCUT2D eigenvalue weighted by molar-refractivity contribution is -0.139. The average Bonchev–Trinajstić information content (AvgIpc) is 3.13. The van der Waals surface area contributed by atoms with E-state index in [1.165, 1.54) is 13.2 Å². The fourth-order valence-corrected chi connectivity index (χ4v) is 5.38. The number of esters is 1. The van der Waals surface area contributed by atoms with Crippen LogP contribution >= 0.6 is 0 Å². The topological polar surface area (TPSA) is 45.3 Å². The zero-order valence-electron chi connectivity index (χ0n) is 18.7. The molecular weight excluding hydrogens is 448 g/mol. The molecule has 0 unspecified atom stereocenters. The van der Waals surface area contributed by atoms with Crippen LogP contribution in [0.1, 0.15) is 48.2 Å². The van der Waals surface area contributed by atoms with E-state index in [4.69, 9.17) is 0 Å². The molecule has 1 aliphatic heterocycles. The molecule has 0 amide bonds. The van der Waals surface area contributed by atoms with E-state index in [2.05, 4.69) is 9.72 Å². The van der Waals surface area contributed by atoms with Crippen LogP contribution in [0.2, 0.25) is 0 Å². The molecule has 0 saturated heterocycles. The van der Waals surface area contributed by atoms with Crippen LogP contribution in [0.4, 0.5) is 17.6 Å². The van der Waals surface area contributed by atoms with Gasteiger partial charge in [0.15, 0.2) is 0 Å². The van der Waals surface area contributed by atoms with Gasteiger partial charge in [0.1, 0.15) is 11.6 Å². The number of aromatic amines is 1. The number of benzene rings is 2. The maximum Gasteiger partial charge on any atom is 0.330 e. The monoisotopic (exact) mass is 472 g/mol. The van der Waals surface area contributed by atoms with Gasteiger partial charge in [-0.3, -0.25) is 4.90 Å². The Kier molecular flexibility index (Phi) is 5.51. The van der Waals surface area contributed by atoms with E-state index in [1.54, 1.807) is 0 Å². The Morgan fingerprint density at radius 3 is 2.50 bits per heavy atom.